The van der Waals surface area contributed by atoms with Crippen molar-refractivity contribution in [3.8, 4) is 11.5 Å². The molecule has 2 aromatic rings. The Bertz CT molecular complexity index is 843. The minimum Gasteiger partial charge on any atom is -0.496 e. The molecule has 0 spiro atoms. The number of nitrogens with zero attached hydrogens (tertiary/aromatic N) is 1. The monoisotopic (exact) mass is 370 g/mol. The molecule has 3 rings (SSSR count). The van der Waals surface area contributed by atoms with Gasteiger partial charge in [-0.05, 0) is 36.2 Å². The van der Waals surface area contributed by atoms with Gasteiger partial charge in [-0.2, -0.15) is 0 Å². The molecule has 1 aliphatic heterocycles. The van der Waals surface area contributed by atoms with Gasteiger partial charge in [0.2, 0.25) is 0 Å². The number of rotatable bonds is 6. The molecule has 0 atom stereocenters. The fourth-order valence-corrected chi connectivity index (χ4v) is 3.19. The number of carbonyl (C=O) groups is 2. The molecule has 0 saturated carbocycles. The predicted molar refractivity (Wildman–Crippen MR) is 102 cm³/mol. The molecule has 0 fully saturated rings. The van der Waals surface area contributed by atoms with E-state index in [4.69, 9.17) is 14.2 Å². The van der Waals surface area contributed by atoms with Crippen molar-refractivity contribution < 1.29 is 23.8 Å². The van der Waals surface area contributed by atoms with Gasteiger partial charge in [0.25, 0.3) is 11.8 Å². The van der Waals surface area contributed by atoms with Gasteiger partial charge in [-0.15, -0.1) is 0 Å². The molecule has 1 aliphatic rings. The van der Waals surface area contributed by atoms with Crippen LogP contribution in [0.2, 0.25) is 0 Å². The van der Waals surface area contributed by atoms with Crippen molar-refractivity contribution in [1.29, 1.82) is 0 Å². The fourth-order valence-electron chi connectivity index (χ4n) is 3.19. The zero-order valence-electron chi connectivity index (χ0n) is 15.6. The molecule has 0 unspecified atom stereocenters. The first-order valence-electron chi connectivity index (χ1n) is 8.53. The van der Waals surface area contributed by atoms with Crippen molar-refractivity contribution in [2.24, 2.45) is 0 Å². The lowest BCUT2D eigenvalue weighted by Gasteiger charge is -2.18. The van der Waals surface area contributed by atoms with Crippen LogP contribution < -0.4 is 19.7 Å². The van der Waals surface area contributed by atoms with E-state index in [9.17, 15) is 9.59 Å². The van der Waals surface area contributed by atoms with Crippen molar-refractivity contribution in [3.05, 3.63) is 47.5 Å². The summed E-state index contributed by atoms with van der Waals surface area (Å²) in [5, 5.41) is 2.86. The highest BCUT2D eigenvalue weighted by atomic mass is 16.5. The first-order valence-corrected chi connectivity index (χ1v) is 8.53. The summed E-state index contributed by atoms with van der Waals surface area (Å²) in [4.78, 5) is 26.7. The molecular formula is C20H22N2O5. The van der Waals surface area contributed by atoms with Crippen molar-refractivity contribution in [3.63, 3.8) is 0 Å². The summed E-state index contributed by atoms with van der Waals surface area (Å²) in [5.41, 5.74) is 2.76. The number of amides is 2. The summed E-state index contributed by atoms with van der Waals surface area (Å²) >= 11 is 0. The van der Waals surface area contributed by atoms with Gasteiger partial charge in [-0.1, -0.05) is 12.1 Å². The molecule has 1 heterocycles. The SMILES string of the molecule is COCC(=O)N1CCc2ccc(NC(=O)c3c(OC)cccc3OC)cc21. The third kappa shape index (κ3) is 3.73. The van der Waals surface area contributed by atoms with Crippen LogP contribution in [0.5, 0.6) is 11.5 Å². The third-order valence-corrected chi connectivity index (χ3v) is 4.46. The number of anilines is 2. The topological polar surface area (TPSA) is 77.1 Å². The zero-order valence-corrected chi connectivity index (χ0v) is 15.6. The van der Waals surface area contributed by atoms with Crippen LogP contribution in [0.3, 0.4) is 0 Å². The number of carbonyl (C=O) groups excluding carboxylic acids is 2. The summed E-state index contributed by atoms with van der Waals surface area (Å²) in [5.74, 6) is 0.387. The highest BCUT2D eigenvalue weighted by Crippen LogP contribution is 2.33. The lowest BCUT2D eigenvalue weighted by Crippen LogP contribution is -2.32. The molecule has 7 nitrogen and oxygen atoms in total. The molecule has 27 heavy (non-hydrogen) atoms. The average Bonchev–Trinajstić information content (AvgIpc) is 3.10. The van der Waals surface area contributed by atoms with Crippen LogP contribution in [0.1, 0.15) is 15.9 Å². The van der Waals surface area contributed by atoms with Crippen LogP contribution in [0.25, 0.3) is 0 Å². The average molecular weight is 370 g/mol. The first kappa shape index (κ1) is 18.7. The van der Waals surface area contributed by atoms with Crippen LogP contribution in [-0.4, -0.2) is 46.3 Å². The van der Waals surface area contributed by atoms with E-state index in [0.29, 0.717) is 29.3 Å². The smallest absolute Gasteiger partial charge is 0.263 e. The van der Waals surface area contributed by atoms with Gasteiger partial charge in [-0.25, -0.2) is 0 Å². The summed E-state index contributed by atoms with van der Waals surface area (Å²) < 4.78 is 15.5. The molecule has 2 aromatic carbocycles. The summed E-state index contributed by atoms with van der Waals surface area (Å²) in [6.07, 6.45) is 0.777. The van der Waals surface area contributed by atoms with E-state index in [1.807, 2.05) is 12.1 Å². The number of methoxy groups -OCH3 is 3. The van der Waals surface area contributed by atoms with E-state index in [0.717, 1.165) is 17.7 Å². The van der Waals surface area contributed by atoms with Crippen LogP contribution in [0.4, 0.5) is 11.4 Å². The largest absolute Gasteiger partial charge is 0.496 e. The third-order valence-electron chi connectivity index (χ3n) is 4.46. The molecule has 2 amide bonds. The van der Waals surface area contributed by atoms with E-state index in [1.54, 1.807) is 29.2 Å². The molecule has 142 valence electrons. The highest BCUT2D eigenvalue weighted by Gasteiger charge is 2.25. The molecule has 0 aliphatic carbocycles. The van der Waals surface area contributed by atoms with Crippen molar-refractivity contribution in [1.82, 2.24) is 0 Å². The molecule has 0 saturated heterocycles. The number of fused-ring (bicyclic) bond motifs is 1. The maximum atomic E-state index is 12.8. The fraction of sp³-hybridized carbons (Fsp3) is 0.300. The van der Waals surface area contributed by atoms with Gasteiger partial charge < -0.3 is 24.4 Å². The number of hydrogen-bond donors (Lipinski definition) is 1. The van der Waals surface area contributed by atoms with Crippen molar-refractivity contribution >= 4 is 23.2 Å². The van der Waals surface area contributed by atoms with Gasteiger partial charge in [0, 0.05) is 25.0 Å². The predicted octanol–water partition coefficient (Wildman–Crippen LogP) is 2.49. The normalized spacial score (nSPS) is 12.5. The minimum absolute atomic E-state index is 0.0223. The molecular weight excluding hydrogens is 348 g/mol. The highest BCUT2D eigenvalue weighted by molar-refractivity contribution is 6.08. The number of ether oxygens (including phenoxy) is 3. The number of benzene rings is 2. The molecule has 0 radical (unpaired) electrons. The Labute approximate surface area is 157 Å². The Balaban J connectivity index is 1.87. The first-order chi connectivity index (χ1) is 13.1. The van der Waals surface area contributed by atoms with Crippen LogP contribution in [0.15, 0.2) is 36.4 Å². The van der Waals surface area contributed by atoms with E-state index in [-0.39, 0.29) is 18.4 Å². The van der Waals surface area contributed by atoms with Crippen molar-refractivity contribution in [2.45, 2.75) is 6.42 Å². The summed E-state index contributed by atoms with van der Waals surface area (Å²) in [7, 11) is 4.49. The quantitative estimate of drug-likeness (QED) is 0.845. The Morgan fingerprint density at radius 3 is 2.41 bits per heavy atom. The van der Waals surface area contributed by atoms with Gasteiger partial charge in [0.1, 0.15) is 23.7 Å². The Morgan fingerprint density at radius 2 is 1.78 bits per heavy atom. The van der Waals surface area contributed by atoms with Crippen LogP contribution in [-0.2, 0) is 16.0 Å². The Kier molecular flexibility index (Phi) is 5.61. The Morgan fingerprint density at radius 1 is 1.07 bits per heavy atom. The second-order valence-electron chi connectivity index (χ2n) is 6.06. The number of nitrogens with one attached hydrogen (secondary N) is 1. The van der Waals surface area contributed by atoms with Gasteiger partial charge in [0.15, 0.2) is 0 Å². The van der Waals surface area contributed by atoms with Crippen LogP contribution in [0, 0.1) is 0 Å². The molecule has 0 bridgehead atoms. The number of hydrogen-bond acceptors (Lipinski definition) is 5. The molecule has 1 N–H and O–H groups in total. The van der Waals surface area contributed by atoms with E-state index < -0.39 is 0 Å². The maximum Gasteiger partial charge on any atom is 0.263 e. The van der Waals surface area contributed by atoms with E-state index in [2.05, 4.69) is 5.32 Å². The van der Waals surface area contributed by atoms with Gasteiger partial charge in [-0.3, -0.25) is 9.59 Å². The van der Waals surface area contributed by atoms with Crippen LogP contribution >= 0.6 is 0 Å². The molecule has 0 aromatic heterocycles. The molecule has 7 heteroatoms. The lowest BCUT2D eigenvalue weighted by atomic mass is 10.1. The second kappa shape index (κ2) is 8.09. The summed E-state index contributed by atoms with van der Waals surface area (Å²) in [6, 6.07) is 10.7. The zero-order chi connectivity index (χ0) is 19.4. The van der Waals surface area contributed by atoms with Gasteiger partial charge in [0.05, 0.1) is 14.2 Å². The summed E-state index contributed by atoms with van der Waals surface area (Å²) in [6.45, 7) is 0.629. The maximum absolute atomic E-state index is 12.8. The standard InChI is InChI=1S/C20H22N2O5/c1-25-12-18(23)22-10-9-13-7-8-14(11-15(13)22)21-20(24)19-16(26-2)5-4-6-17(19)27-3/h4-8,11H,9-10,12H2,1-3H3,(H,21,24). The second-order valence-corrected chi connectivity index (χ2v) is 6.06. The van der Waals surface area contributed by atoms with Crippen molar-refractivity contribution in [2.75, 3.05) is 44.7 Å². The van der Waals surface area contributed by atoms with E-state index in [1.165, 1.54) is 21.3 Å². The van der Waals surface area contributed by atoms with E-state index >= 15 is 0 Å². The minimum atomic E-state index is -0.350. The van der Waals surface area contributed by atoms with Gasteiger partial charge >= 0.3 is 0 Å². The lowest BCUT2D eigenvalue weighted by molar-refractivity contribution is -0.122. The Hall–Kier alpha value is -3.06.